The fraction of sp³-hybridized carbons (Fsp3) is 0.667. The molecule has 136 valence electrons. The maximum absolute atomic E-state index is 11.5. The van der Waals surface area contributed by atoms with Crippen LogP contribution in [0, 0.1) is 11.3 Å². The zero-order valence-corrected chi connectivity index (χ0v) is 17.9. The van der Waals surface area contributed by atoms with Gasteiger partial charge in [0.25, 0.3) is 0 Å². The van der Waals surface area contributed by atoms with Crippen LogP contribution < -0.4 is 19.8 Å². The molecular weight excluding hydrogens is 439 g/mol. The van der Waals surface area contributed by atoms with Crippen molar-refractivity contribution in [1.82, 2.24) is 0 Å². The minimum absolute atomic E-state index is 0.200. The van der Waals surface area contributed by atoms with E-state index in [1.54, 1.807) is 16.0 Å². The van der Waals surface area contributed by atoms with Crippen LogP contribution in [0.15, 0.2) is 21.3 Å². The molecule has 1 saturated carbocycles. The Kier molecular flexibility index (Phi) is 6.96. The Bertz CT molecular complexity index is 562. The van der Waals surface area contributed by atoms with Gasteiger partial charge in [0.1, 0.15) is 0 Å². The molecule has 2 aliphatic rings. The summed E-state index contributed by atoms with van der Waals surface area (Å²) in [6.45, 7) is 8.94. The van der Waals surface area contributed by atoms with E-state index in [0.717, 1.165) is 19.3 Å². The number of carbonyl (C=O) groups is 2. The van der Waals surface area contributed by atoms with Crippen LogP contribution in [0.25, 0.3) is 0 Å². The average molecular weight is 465 g/mol. The number of allylic oxidation sites excluding steroid dienone is 2. The van der Waals surface area contributed by atoms with E-state index in [2.05, 4.69) is 38.5 Å². The van der Waals surface area contributed by atoms with Crippen LogP contribution in [0.3, 0.4) is 0 Å². The van der Waals surface area contributed by atoms with Crippen molar-refractivity contribution in [2.24, 2.45) is 11.3 Å². The minimum atomic E-state index is -0.568. The second-order valence-corrected chi connectivity index (χ2v) is 12.3. The molecule has 0 bridgehead atoms. The van der Waals surface area contributed by atoms with Crippen molar-refractivity contribution in [2.45, 2.75) is 58.3 Å². The summed E-state index contributed by atoms with van der Waals surface area (Å²) in [5, 5.41) is 0.395. The third-order valence-corrected chi connectivity index (χ3v) is 10.5. The second kappa shape index (κ2) is 8.36. The van der Waals surface area contributed by atoms with Gasteiger partial charge >= 0.3 is 158 Å². The molecule has 24 heavy (non-hydrogen) atoms. The fourth-order valence-corrected chi connectivity index (χ4v) is 8.44. The molecule has 2 rings (SSSR count). The first-order valence-electron chi connectivity index (χ1n) is 8.21. The van der Waals surface area contributed by atoms with E-state index in [1.165, 1.54) is 11.6 Å². The van der Waals surface area contributed by atoms with Gasteiger partial charge in [0, 0.05) is 0 Å². The molecule has 1 aliphatic carbocycles. The van der Waals surface area contributed by atoms with Crippen LogP contribution >= 0.6 is 8.93 Å². The quantitative estimate of drug-likeness (QED) is 0.261. The first-order valence-corrected chi connectivity index (χ1v) is 12.7. The standard InChI is InChI=1S/C18H26IO4S/c1-11(18(2,3)4)8-12-6-7-15(14(9-12)22-5)24-19-13-10-16(20)23-17(13)21/h8,10,12,14-15H,6-7,9H2,1-5H3/q-1/b11-8+/t12?,14-,15?/m1/s1. The number of ether oxygens (including phenoxy) is 2. The second-order valence-electron chi connectivity index (χ2n) is 7.35. The van der Waals surface area contributed by atoms with Gasteiger partial charge in [-0.25, -0.2) is 0 Å². The van der Waals surface area contributed by atoms with Crippen LogP contribution in [-0.2, 0) is 19.1 Å². The summed E-state index contributed by atoms with van der Waals surface area (Å²) in [5.41, 5.74) is 1.64. The molecule has 2 unspecified atom stereocenters. The Morgan fingerprint density at radius 1 is 1.38 bits per heavy atom. The Hall–Kier alpha value is -0.340. The van der Waals surface area contributed by atoms with E-state index >= 15 is 0 Å². The SMILES string of the molecule is CO[C@@H]1CC(/C=C(\C)C(C)(C)C)CCC1S[I-]C1=CC(=O)OC1=O. The topological polar surface area (TPSA) is 52.6 Å². The zero-order chi connectivity index (χ0) is 17.9. The van der Waals surface area contributed by atoms with Crippen molar-refractivity contribution < 1.29 is 38.9 Å². The van der Waals surface area contributed by atoms with Gasteiger partial charge in [-0.2, -0.15) is 0 Å². The summed E-state index contributed by atoms with van der Waals surface area (Å²) in [6, 6.07) is 0. The molecule has 0 amide bonds. The summed E-state index contributed by atoms with van der Waals surface area (Å²) in [5.74, 6) is -0.418. The maximum atomic E-state index is 11.5. The van der Waals surface area contributed by atoms with Gasteiger partial charge in [-0.15, -0.1) is 0 Å². The van der Waals surface area contributed by atoms with E-state index in [9.17, 15) is 9.59 Å². The van der Waals surface area contributed by atoms with Gasteiger partial charge < -0.3 is 0 Å². The molecule has 0 aromatic carbocycles. The molecular formula is C18H26IO4S-. The summed E-state index contributed by atoms with van der Waals surface area (Å²) < 4.78 is 10.9. The van der Waals surface area contributed by atoms with Crippen LogP contribution in [-0.4, -0.2) is 30.4 Å². The van der Waals surface area contributed by atoms with Crippen LogP contribution in [0.4, 0.5) is 0 Å². The Balaban J connectivity index is 1.92. The molecule has 0 saturated heterocycles. The fourth-order valence-electron chi connectivity index (χ4n) is 2.73. The summed E-state index contributed by atoms with van der Waals surface area (Å²) in [7, 11) is 3.57. The number of cyclic esters (lactones) is 2. The molecule has 1 fully saturated rings. The number of hydrogen-bond acceptors (Lipinski definition) is 5. The zero-order valence-electron chi connectivity index (χ0n) is 14.9. The van der Waals surface area contributed by atoms with E-state index < -0.39 is 31.8 Å². The molecule has 0 N–H and O–H groups in total. The summed E-state index contributed by atoms with van der Waals surface area (Å²) >= 11 is -0.568. The van der Waals surface area contributed by atoms with Crippen molar-refractivity contribution in [3.05, 3.63) is 21.3 Å². The van der Waals surface area contributed by atoms with E-state index in [-0.39, 0.29) is 11.5 Å². The Morgan fingerprint density at radius 3 is 2.62 bits per heavy atom. The van der Waals surface area contributed by atoms with Crippen molar-refractivity contribution in [3.63, 3.8) is 0 Å². The Labute approximate surface area is 157 Å². The van der Waals surface area contributed by atoms with Crippen LogP contribution in [0.5, 0.6) is 0 Å². The number of rotatable bonds is 5. The predicted octanol–water partition coefficient (Wildman–Crippen LogP) is 0.867. The van der Waals surface area contributed by atoms with Crippen molar-refractivity contribution in [1.29, 1.82) is 0 Å². The summed E-state index contributed by atoms with van der Waals surface area (Å²) in [6.07, 6.45) is 7.22. The number of esters is 2. The number of carbonyl (C=O) groups excluding carboxylic acids is 2. The van der Waals surface area contributed by atoms with Crippen molar-refractivity contribution >= 4 is 20.9 Å². The molecule has 0 spiro atoms. The molecule has 0 aromatic rings. The van der Waals surface area contributed by atoms with Gasteiger partial charge in [-0.3, -0.25) is 0 Å². The van der Waals surface area contributed by atoms with Gasteiger partial charge in [-0.05, 0) is 0 Å². The van der Waals surface area contributed by atoms with E-state index in [4.69, 9.17) is 4.74 Å². The Morgan fingerprint density at radius 2 is 2.08 bits per heavy atom. The molecule has 6 heteroatoms. The third-order valence-electron chi connectivity index (χ3n) is 4.62. The first kappa shape index (κ1) is 20.0. The molecule has 4 nitrogen and oxygen atoms in total. The monoisotopic (exact) mass is 465 g/mol. The van der Waals surface area contributed by atoms with Gasteiger partial charge in [-0.1, -0.05) is 0 Å². The van der Waals surface area contributed by atoms with Crippen LogP contribution in [0.2, 0.25) is 0 Å². The molecule has 0 radical (unpaired) electrons. The van der Waals surface area contributed by atoms with Gasteiger partial charge in [0.2, 0.25) is 0 Å². The number of methoxy groups -OCH3 is 1. The van der Waals surface area contributed by atoms with E-state index in [0.29, 0.717) is 14.7 Å². The van der Waals surface area contributed by atoms with Gasteiger partial charge in [0.15, 0.2) is 0 Å². The molecule has 0 aromatic heterocycles. The molecule has 1 heterocycles. The first-order chi connectivity index (χ1) is 11.2. The average Bonchev–Trinajstić information content (AvgIpc) is 2.82. The molecule has 1 aliphatic heterocycles. The number of halogens is 1. The third kappa shape index (κ3) is 5.33. The predicted molar refractivity (Wildman–Crippen MR) is 91.9 cm³/mol. The van der Waals surface area contributed by atoms with Gasteiger partial charge in [0.05, 0.1) is 0 Å². The normalized spacial score (nSPS) is 29.0. The van der Waals surface area contributed by atoms with Crippen molar-refractivity contribution in [2.75, 3.05) is 7.11 Å². The van der Waals surface area contributed by atoms with Crippen molar-refractivity contribution in [3.8, 4) is 0 Å². The van der Waals surface area contributed by atoms with Crippen LogP contribution in [0.1, 0.15) is 47.0 Å². The molecule has 3 atom stereocenters. The summed E-state index contributed by atoms with van der Waals surface area (Å²) in [4.78, 5) is 22.7. The number of hydrogen-bond donors (Lipinski definition) is 0. The van der Waals surface area contributed by atoms with E-state index in [1.807, 2.05) is 0 Å².